The number of aryl methyl sites for hydroxylation is 1. The van der Waals surface area contributed by atoms with E-state index in [1.165, 1.54) is 5.56 Å². The minimum atomic E-state index is 0.0295. The van der Waals surface area contributed by atoms with Crippen molar-refractivity contribution < 1.29 is 4.74 Å². The zero-order valence-electron chi connectivity index (χ0n) is 13.7. The van der Waals surface area contributed by atoms with Gasteiger partial charge in [0.15, 0.2) is 0 Å². The van der Waals surface area contributed by atoms with E-state index in [1.807, 2.05) is 18.2 Å². The van der Waals surface area contributed by atoms with Crippen molar-refractivity contribution in [3.8, 4) is 0 Å². The van der Waals surface area contributed by atoms with Crippen molar-refractivity contribution in [2.24, 2.45) is 0 Å². The third kappa shape index (κ3) is 3.66. The first-order chi connectivity index (χ1) is 12.4. The molecule has 130 valence electrons. The summed E-state index contributed by atoms with van der Waals surface area (Å²) in [4.78, 5) is 4.60. The van der Waals surface area contributed by atoms with E-state index in [0.717, 1.165) is 38.4 Å². The maximum Gasteiger partial charge on any atom is 0.242 e. The minimum Gasteiger partial charge on any atom is -0.373 e. The number of nitrogens with zero attached hydrogens (tertiary/aromatic N) is 6. The van der Waals surface area contributed by atoms with Gasteiger partial charge < -0.3 is 10.1 Å². The van der Waals surface area contributed by atoms with Gasteiger partial charge >= 0.3 is 0 Å². The Hall–Kier alpha value is -2.81. The maximum absolute atomic E-state index is 5.93. The Kier molecular flexibility index (Phi) is 4.64. The number of ether oxygens (including phenoxy) is 1. The molecule has 1 fully saturated rings. The second kappa shape index (κ2) is 7.39. The molecular formula is C16H20N8O. The largest absolute Gasteiger partial charge is 0.373 e. The van der Waals surface area contributed by atoms with E-state index in [-0.39, 0.29) is 12.0 Å². The summed E-state index contributed by atoms with van der Waals surface area (Å²) in [6.07, 6.45) is 3.46. The van der Waals surface area contributed by atoms with Gasteiger partial charge in [-0.05, 0) is 28.8 Å². The lowest BCUT2D eigenvalue weighted by molar-refractivity contribution is 0.103. The highest BCUT2D eigenvalue weighted by molar-refractivity contribution is 5.27. The molecule has 0 radical (unpaired) electrons. The Balaban J connectivity index is 1.34. The fourth-order valence-electron chi connectivity index (χ4n) is 3.08. The number of nitrogens with one attached hydrogen (secondary N) is 2. The van der Waals surface area contributed by atoms with E-state index >= 15 is 0 Å². The fourth-order valence-corrected chi connectivity index (χ4v) is 3.08. The number of tetrazole rings is 1. The number of rotatable bonds is 7. The van der Waals surface area contributed by atoms with E-state index in [4.69, 9.17) is 4.74 Å². The predicted molar refractivity (Wildman–Crippen MR) is 89.8 cm³/mol. The quantitative estimate of drug-likeness (QED) is 0.628. The van der Waals surface area contributed by atoms with Crippen molar-refractivity contribution in [1.82, 2.24) is 35.4 Å². The lowest BCUT2D eigenvalue weighted by atomic mass is 9.95. The van der Waals surface area contributed by atoms with Crippen LogP contribution in [-0.4, -0.2) is 48.5 Å². The lowest BCUT2D eigenvalue weighted by Gasteiger charge is -2.16. The van der Waals surface area contributed by atoms with Gasteiger partial charge in [-0.25, -0.2) is 4.68 Å². The van der Waals surface area contributed by atoms with Crippen LogP contribution in [0.25, 0.3) is 0 Å². The van der Waals surface area contributed by atoms with E-state index in [2.05, 4.69) is 48.2 Å². The zero-order chi connectivity index (χ0) is 16.9. The zero-order valence-corrected chi connectivity index (χ0v) is 13.7. The van der Waals surface area contributed by atoms with Crippen LogP contribution in [0, 0.1) is 0 Å². The standard InChI is InChI=1S/C16H20N8O/c1-2-5-12(6-3-1)14-13(7-10-25-14)15-19-16(21-20-15)17-8-4-9-24-11-18-22-23-24/h1-3,5-6,11,13-14H,4,7-10H2,(H2,17,19,20,21)/t13-,14+/m1/s1. The Bertz CT molecular complexity index is 773. The average Bonchev–Trinajstić information content (AvgIpc) is 3.40. The van der Waals surface area contributed by atoms with E-state index in [1.54, 1.807) is 11.0 Å². The smallest absolute Gasteiger partial charge is 0.242 e. The van der Waals surface area contributed by atoms with Crippen LogP contribution in [0.1, 0.15) is 36.3 Å². The second-order valence-electron chi connectivity index (χ2n) is 5.99. The highest BCUT2D eigenvalue weighted by atomic mass is 16.5. The summed E-state index contributed by atoms with van der Waals surface area (Å²) in [6, 6.07) is 10.3. The van der Waals surface area contributed by atoms with Crippen LogP contribution in [0.3, 0.4) is 0 Å². The summed E-state index contributed by atoms with van der Waals surface area (Å²) < 4.78 is 7.63. The third-order valence-corrected chi connectivity index (χ3v) is 4.31. The van der Waals surface area contributed by atoms with E-state index < -0.39 is 0 Å². The van der Waals surface area contributed by atoms with Crippen LogP contribution in [0.15, 0.2) is 36.7 Å². The summed E-state index contributed by atoms with van der Waals surface area (Å²) in [6.45, 7) is 2.24. The Morgan fingerprint density at radius 3 is 3.04 bits per heavy atom. The van der Waals surface area contributed by atoms with Crippen molar-refractivity contribution in [3.05, 3.63) is 48.0 Å². The molecule has 0 spiro atoms. The highest BCUT2D eigenvalue weighted by Crippen LogP contribution is 2.40. The van der Waals surface area contributed by atoms with Gasteiger partial charge in [0.1, 0.15) is 12.2 Å². The van der Waals surface area contributed by atoms with E-state index in [0.29, 0.717) is 5.95 Å². The summed E-state index contributed by atoms with van der Waals surface area (Å²) in [5.41, 5.74) is 1.18. The molecule has 0 aliphatic carbocycles. The molecule has 0 saturated carbocycles. The predicted octanol–water partition coefficient (Wildman–Crippen LogP) is 1.54. The Morgan fingerprint density at radius 2 is 2.20 bits per heavy atom. The van der Waals surface area contributed by atoms with Gasteiger partial charge in [-0.2, -0.15) is 4.98 Å². The van der Waals surface area contributed by atoms with Crippen molar-refractivity contribution in [1.29, 1.82) is 0 Å². The number of aromatic nitrogens is 7. The molecule has 3 aromatic rings. The van der Waals surface area contributed by atoms with Gasteiger partial charge in [0.25, 0.3) is 0 Å². The number of H-pyrrole nitrogens is 1. The molecule has 0 amide bonds. The molecule has 9 nitrogen and oxygen atoms in total. The van der Waals surface area contributed by atoms with Crippen LogP contribution in [0.2, 0.25) is 0 Å². The number of hydrogen-bond donors (Lipinski definition) is 2. The first-order valence-electron chi connectivity index (χ1n) is 8.43. The topological polar surface area (TPSA) is 106 Å². The van der Waals surface area contributed by atoms with Crippen LogP contribution >= 0.6 is 0 Å². The van der Waals surface area contributed by atoms with Crippen molar-refractivity contribution in [2.45, 2.75) is 31.4 Å². The molecular weight excluding hydrogens is 320 g/mol. The molecule has 2 aromatic heterocycles. The van der Waals surface area contributed by atoms with Gasteiger partial charge in [0.05, 0.1) is 12.0 Å². The normalized spacial score (nSPS) is 20.0. The number of anilines is 1. The monoisotopic (exact) mass is 340 g/mol. The SMILES string of the molecule is c1ccc([C@@H]2OCC[C@H]2c2nc(NCCCn3cnnn3)n[nH]2)cc1. The van der Waals surface area contributed by atoms with Gasteiger partial charge in [-0.1, -0.05) is 30.3 Å². The van der Waals surface area contributed by atoms with Crippen molar-refractivity contribution in [2.75, 3.05) is 18.5 Å². The summed E-state index contributed by atoms with van der Waals surface area (Å²) >= 11 is 0. The van der Waals surface area contributed by atoms with Crippen LogP contribution in [0.5, 0.6) is 0 Å². The molecule has 1 saturated heterocycles. The Morgan fingerprint density at radius 1 is 1.28 bits per heavy atom. The lowest BCUT2D eigenvalue weighted by Crippen LogP contribution is -2.09. The molecule has 3 heterocycles. The van der Waals surface area contributed by atoms with Crippen LogP contribution in [-0.2, 0) is 11.3 Å². The molecule has 1 aliphatic heterocycles. The molecule has 9 heteroatoms. The molecule has 0 unspecified atom stereocenters. The molecule has 25 heavy (non-hydrogen) atoms. The molecule has 0 bridgehead atoms. The average molecular weight is 340 g/mol. The van der Waals surface area contributed by atoms with Gasteiger partial charge in [-0.15, -0.1) is 10.2 Å². The first kappa shape index (κ1) is 15.7. The molecule has 1 aromatic carbocycles. The summed E-state index contributed by atoms with van der Waals surface area (Å²) in [5, 5.41) is 21.6. The molecule has 2 atom stereocenters. The number of hydrogen-bond acceptors (Lipinski definition) is 7. The maximum atomic E-state index is 5.93. The van der Waals surface area contributed by atoms with Crippen LogP contribution in [0.4, 0.5) is 5.95 Å². The van der Waals surface area contributed by atoms with Crippen molar-refractivity contribution >= 4 is 5.95 Å². The van der Waals surface area contributed by atoms with Gasteiger partial charge in [0.2, 0.25) is 5.95 Å². The number of aromatic amines is 1. The molecule has 2 N–H and O–H groups in total. The first-order valence-corrected chi connectivity index (χ1v) is 8.43. The molecule has 1 aliphatic rings. The van der Waals surface area contributed by atoms with Gasteiger partial charge in [0, 0.05) is 19.7 Å². The van der Waals surface area contributed by atoms with Crippen LogP contribution < -0.4 is 5.32 Å². The Labute approximate surface area is 144 Å². The fraction of sp³-hybridized carbons (Fsp3) is 0.438. The van der Waals surface area contributed by atoms with E-state index in [9.17, 15) is 0 Å². The number of benzene rings is 1. The highest BCUT2D eigenvalue weighted by Gasteiger charge is 2.33. The molecule has 4 rings (SSSR count). The third-order valence-electron chi connectivity index (χ3n) is 4.31. The van der Waals surface area contributed by atoms with Gasteiger partial charge in [-0.3, -0.25) is 5.10 Å². The summed E-state index contributed by atoms with van der Waals surface area (Å²) in [5.74, 6) is 1.69. The van der Waals surface area contributed by atoms with Crippen molar-refractivity contribution in [3.63, 3.8) is 0 Å². The summed E-state index contributed by atoms with van der Waals surface area (Å²) in [7, 11) is 0. The minimum absolute atomic E-state index is 0.0295. The second-order valence-corrected chi connectivity index (χ2v) is 5.99.